The molecule has 0 aromatic carbocycles. The summed E-state index contributed by atoms with van der Waals surface area (Å²) in [5.74, 6) is 0.480. The molecule has 1 heterocycles. The molecule has 0 bridgehead atoms. The lowest BCUT2D eigenvalue weighted by Crippen LogP contribution is -2.54. The Morgan fingerprint density at radius 2 is 2.31 bits per heavy atom. The van der Waals surface area contributed by atoms with E-state index in [9.17, 15) is 9.59 Å². The van der Waals surface area contributed by atoms with Crippen molar-refractivity contribution >= 4 is 23.8 Å². The van der Waals surface area contributed by atoms with Gasteiger partial charge in [0.05, 0.1) is 6.61 Å². The fourth-order valence-corrected chi connectivity index (χ4v) is 2.46. The van der Waals surface area contributed by atoms with Crippen molar-refractivity contribution in [3.63, 3.8) is 0 Å². The molecular weight excluding hydrogens is 232 g/mol. The first-order chi connectivity index (χ1) is 7.56. The van der Waals surface area contributed by atoms with Gasteiger partial charge in [0.25, 0.3) is 0 Å². The van der Waals surface area contributed by atoms with E-state index < -0.39 is 24.6 Å². The van der Waals surface area contributed by atoms with Crippen LogP contribution in [0.15, 0.2) is 0 Å². The Morgan fingerprint density at radius 3 is 2.81 bits per heavy atom. The van der Waals surface area contributed by atoms with Gasteiger partial charge in [-0.25, -0.2) is 9.59 Å². The summed E-state index contributed by atoms with van der Waals surface area (Å²) >= 11 is 1.77. The quantitative estimate of drug-likeness (QED) is 0.631. The number of carbonyl (C=O) groups excluding carboxylic acids is 1. The van der Waals surface area contributed by atoms with Gasteiger partial charge in [0.15, 0.2) is 6.04 Å². The van der Waals surface area contributed by atoms with Gasteiger partial charge < -0.3 is 20.4 Å². The summed E-state index contributed by atoms with van der Waals surface area (Å²) in [6.45, 7) is 1.92. The van der Waals surface area contributed by atoms with Gasteiger partial charge in [-0.15, -0.1) is 0 Å². The van der Waals surface area contributed by atoms with Gasteiger partial charge in [-0.2, -0.15) is 11.8 Å². The summed E-state index contributed by atoms with van der Waals surface area (Å²) in [5.41, 5.74) is 0. The second-order valence-electron chi connectivity index (χ2n) is 3.64. The van der Waals surface area contributed by atoms with Crippen molar-refractivity contribution in [1.82, 2.24) is 10.2 Å². The molecule has 0 saturated carbocycles. The van der Waals surface area contributed by atoms with Gasteiger partial charge >= 0.3 is 12.0 Å². The molecule has 0 aromatic heterocycles. The third-order valence-corrected chi connectivity index (χ3v) is 3.60. The molecule has 6 nitrogen and oxygen atoms in total. The van der Waals surface area contributed by atoms with Crippen molar-refractivity contribution < 1.29 is 19.8 Å². The number of rotatable bonds is 3. The van der Waals surface area contributed by atoms with Gasteiger partial charge in [0.1, 0.15) is 0 Å². The number of nitrogens with zero attached hydrogens (tertiary/aromatic N) is 1. The van der Waals surface area contributed by atoms with Crippen molar-refractivity contribution in [2.75, 3.05) is 24.7 Å². The molecule has 1 fully saturated rings. The van der Waals surface area contributed by atoms with Crippen LogP contribution in [-0.4, -0.2) is 63.9 Å². The van der Waals surface area contributed by atoms with E-state index in [1.54, 1.807) is 16.7 Å². The summed E-state index contributed by atoms with van der Waals surface area (Å²) in [6.07, 6.45) is 0. The van der Waals surface area contributed by atoms with Crippen molar-refractivity contribution in [1.29, 1.82) is 0 Å². The zero-order valence-electron chi connectivity index (χ0n) is 9.05. The molecule has 1 aliphatic heterocycles. The van der Waals surface area contributed by atoms with Crippen LogP contribution in [-0.2, 0) is 4.79 Å². The molecule has 16 heavy (non-hydrogen) atoms. The van der Waals surface area contributed by atoms with Crippen LogP contribution in [0.4, 0.5) is 4.79 Å². The molecule has 0 aromatic rings. The number of aliphatic carboxylic acids is 1. The van der Waals surface area contributed by atoms with Crippen LogP contribution < -0.4 is 5.32 Å². The zero-order valence-corrected chi connectivity index (χ0v) is 9.87. The van der Waals surface area contributed by atoms with Crippen LogP contribution in [0.1, 0.15) is 6.92 Å². The molecular formula is C9H16N2O4S. The predicted molar refractivity (Wildman–Crippen MR) is 60.5 cm³/mol. The standard InChI is InChI=1S/C9H16N2O4S/c1-6-5-16-3-2-11(6)9(15)10-7(4-12)8(13)14/h6-7,12H,2-5H2,1H3,(H,10,15)(H,13,14). The number of aliphatic hydroxyl groups excluding tert-OH is 1. The van der Waals surface area contributed by atoms with E-state index in [2.05, 4.69) is 5.32 Å². The number of thioether (sulfide) groups is 1. The van der Waals surface area contributed by atoms with E-state index in [0.717, 1.165) is 11.5 Å². The van der Waals surface area contributed by atoms with Crippen LogP contribution in [0.3, 0.4) is 0 Å². The van der Waals surface area contributed by atoms with Gasteiger partial charge in [0.2, 0.25) is 0 Å². The summed E-state index contributed by atoms with van der Waals surface area (Å²) in [7, 11) is 0. The Kier molecular flexibility index (Phi) is 4.88. The first kappa shape index (κ1) is 13.1. The van der Waals surface area contributed by atoms with Crippen LogP contribution in [0.5, 0.6) is 0 Å². The van der Waals surface area contributed by atoms with Crippen molar-refractivity contribution in [3.05, 3.63) is 0 Å². The third kappa shape index (κ3) is 3.28. The highest BCUT2D eigenvalue weighted by Crippen LogP contribution is 2.15. The van der Waals surface area contributed by atoms with Crippen LogP contribution >= 0.6 is 11.8 Å². The average molecular weight is 248 g/mol. The number of urea groups is 1. The molecule has 0 radical (unpaired) electrons. The minimum atomic E-state index is -1.23. The second-order valence-corrected chi connectivity index (χ2v) is 4.79. The lowest BCUT2D eigenvalue weighted by atomic mass is 10.3. The molecule has 7 heteroatoms. The Morgan fingerprint density at radius 1 is 1.62 bits per heavy atom. The van der Waals surface area contributed by atoms with Gasteiger partial charge in [0, 0.05) is 24.1 Å². The number of carboxylic acid groups (broad SMARTS) is 1. The van der Waals surface area contributed by atoms with E-state index in [4.69, 9.17) is 10.2 Å². The number of amides is 2. The number of hydrogen-bond acceptors (Lipinski definition) is 4. The zero-order chi connectivity index (χ0) is 12.1. The smallest absolute Gasteiger partial charge is 0.328 e. The molecule has 1 rings (SSSR count). The molecule has 0 aliphatic carbocycles. The molecule has 2 unspecified atom stereocenters. The molecule has 2 atom stereocenters. The molecule has 0 spiro atoms. The maximum absolute atomic E-state index is 11.7. The van der Waals surface area contributed by atoms with Crippen molar-refractivity contribution in [2.24, 2.45) is 0 Å². The highest BCUT2D eigenvalue weighted by molar-refractivity contribution is 7.99. The predicted octanol–water partition coefficient (Wildman–Crippen LogP) is -0.421. The molecule has 3 N–H and O–H groups in total. The highest BCUT2D eigenvalue weighted by Gasteiger charge is 2.27. The third-order valence-electron chi connectivity index (χ3n) is 2.41. The highest BCUT2D eigenvalue weighted by atomic mass is 32.2. The summed E-state index contributed by atoms with van der Waals surface area (Å²) < 4.78 is 0. The molecule has 1 aliphatic rings. The Bertz CT molecular complexity index is 274. The number of hydrogen-bond donors (Lipinski definition) is 3. The topological polar surface area (TPSA) is 89.9 Å². The minimum Gasteiger partial charge on any atom is -0.480 e. The van der Waals surface area contributed by atoms with Gasteiger partial charge in [-0.3, -0.25) is 0 Å². The number of nitrogens with one attached hydrogen (secondary N) is 1. The molecule has 92 valence electrons. The maximum Gasteiger partial charge on any atom is 0.328 e. The summed E-state index contributed by atoms with van der Waals surface area (Å²) in [6, 6.07) is -1.56. The van der Waals surface area contributed by atoms with Crippen LogP contribution in [0.25, 0.3) is 0 Å². The van der Waals surface area contributed by atoms with E-state index >= 15 is 0 Å². The Labute approximate surface area is 98.0 Å². The number of carbonyl (C=O) groups is 2. The lowest BCUT2D eigenvalue weighted by molar-refractivity contribution is -0.140. The summed E-state index contributed by atoms with van der Waals surface area (Å²) in [5, 5.41) is 19.8. The van der Waals surface area contributed by atoms with Gasteiger partial charge in [-0.05, 0) is 6.92 Å². The van der Waals surface area contributed by atoms with E-state index in [-0.39, 0.29) is 6.04 Å². The molecule has 2 amide bonds. The summed E-state index contributed by atoms with van der Waals surface area (Å²) in [4.78, 5) is 23.9. The first-order valence-electron chi connectivity index (χ1n) is 5.04. The number of carboxylic acids is 1. The van der Waals surface area contributed by atoms with E-state index in [1.807, 2.05) is 6.92 Å². The molecule has 1 saturated heterocycles. The lowest BCUT2D eigenvalue weighted by Gasteiger charge is -2.33. The normalized spacial score (nSPS) is 22.6. The fourth-order valence-electron chi connectivity index (χ4n) is 1.45. The maximum atomic E-state index is 11.7. The van der Waals surface area contributed by atoms with Crippen molar-refractivity contribution in [2.45, 2.75) is 19.0 Å². The Hall–Kier alpha value is -0.950. The van der Waals surface area contributed by atoms with Gasteiger partial charge in [-0.1, -0.05) is 0 Å². The second kappa shape index (κ2) is 5.95. The largest absolute Gasteiger partial charge is 0.480 e. The first-order valence-corrected chi connectivity index (χ1v) is 6.20. The fraction of sp³-hybridized carbons (Fsp3) is 0.778. The SMILES string of the molecule is CC1CSCCN1C(=O)NC(CO)C(=O)O. The minimum absolute atomic E-state index is 0.0897. The average Bonchev–Trinajstić information content (AvgIpc) is 2.25. The van der Waals surface area contributed by atoms with E-state index in [0.29, 0.717) is 6.54 Å². The van der Waals surface area contributed by atoms with Crippen LogP contribution in [0, 0.1) is 0 Å². The number of aliphatic hydroxyl groups is 1. The van der Waals surface area contributed by atoms with Crippen molar-refractivity contribution in [3.8, 4) is 0 Å². The van der Waals surface area contributed by atoms with Crippen LogP contribution in [0.2, 0.25) is 0 Å². The Balaban J connectivity index is 2.52. The monoisotopic (exact) mass is 248 g/mol. The van der Waals surface area contributed by atoms with E-state index in [1.165, 1.54) is 0 Å².